The molecule has 2 N–H and O–H groups in total. The monoisotopic (exact) mass is 222 g/mol. The molecule has 2 heterocycles. The minimum absolute atomic E-state index is 0.0407. The number of pyridine rings is 1. The van der Waals surface area contributed by atoms with Crippen LogP contribution in [-0.4, -0.2) is 28.1 Å². The van der Waals surface area contributed by atoms with E-state index in [-0.39, 0.29) is 29.5 Å². The van der Waals surface area contributed by atoms with Crippen molar-refractivity contribution in [3.63, 3.8) is 0 Å². The largest absolute Gasteiger partial charge is 0.478 e. The van der Waals surface area contributed by atoms with Gasteiger partial charge in [0.2, 0.25) is 5.91 Å². The van der Waals surface area contributed by atoms with Crippen molar-refractivity contribution in [2.24, 2.45) is 0 Å². The first-order valence-corrected chi connectivity index (χ1v) is 4.80. The second-order valence-corrected chi connectivity index (χ2v) is 3.63. The minimum atomic E-state index is -1.09. The van der Waals surface area contributed by atoms with Gasteiger partial charge in [0.05, 0.1) is 11.6 Å². The summed E-state index contributed by atoms with van der Waals surface area (Å²) < 4.78 is 1.29. The topological polar surface area (TPSA) is 88.4 Å². The van der Waals surface area contributed by atoms with Crippen LogP contribution in [0.2, 0.25) is 0 Å². The van der Waals surface area contributed by atoms with Crippen LogP contribution in [0.25, 0.3) is 0 Å². The average molecular weight is 222 g/mol. The van der Waals surface area contributed by atoms with Gasteiger partial charge in [0, 0.05) is 25.2 Å². The Balaban J connectivity index is 2.39. The number of nitrogens with one attached hydrogen (secondary N) is 1. The smallest absolute Gasteiger partial charge is 0.337 e. The number of carbonyl (C=O) groups is 2. The molecule has 0 aromatic carbocycles. The summed E-state index contributed by atoms with van der Waals surface area (Å²) in [5.41, 5.74) is -0.259. The number of nitrogens with zero attached hydrogens (tertiary/aromatic N) is 1. The van der Waals surface area contributed by atoms with Gasteiger partial charge in [-0.25, -0.2) is 4.79 Å². The first-order valence-electron chi connectivity index (χ1n) is 4.80. The molecule has 2 rings (SSSR count). The van der Waals surface area contributed by atoms with Crippen molar-refractivity contribution in [3.8, 4) is 0 Å². The van der Waals surface area contributed by atoms with Crippen LogP contribution in [0.15, 0.2) is 23.1 Å². The van der Waals surface area contributed by atoms with Crippen LogP contribution in [0, 0.1) is 0 Å². The Morgan fingerprint density at radius 2 is 2.19 bits per heavy atom. The molecule has 1 fully saturated rings. The lowest BCUT2D eigenvalue weighted by atomic mass is 10.2. The van der Waals surface area contributed by atoms with Crippen molar-refractivity contribution in [2.45, 2.75) is 12.5 Å². The highest BCUT2D eigenvalue weighted by molar-refractivity contribution is 5.87. The van der Waals surface area contributed by atoms with Crippen molar-refractivity contribution < 1.29 is 14.7 Å². The van der Waals surface area contributed by atoms with Gasteiger partial charge < -0.3 is 15.0 Å². The number of carboxylic acids is 1. The first kappa shape index (κ1) is 10.4. The van der Waals surface area contributed by atoms with Gasteiger partial charge in [-0.1, -0.05) is 0 Å². The van der Waals surface area contributed by atoms with E-state index in [9.17, 15) is 14.4 Å². The predicted molar refractivity (Wildman–Crippen MR) is 54.3 cm³/mol. The maximum atomic E-state index is 11.5. The van der Waals surface area contributed by atoms with Gasteiger partial charge in [-0.2, -0.15) is 0 Å². The lowest BCUT2D eigenvalue weighted by Gasteiger charge is -2.11. The molecular formula is C10H10N2O4. The maximum Gasteiger partial charge on any atom is 0.337 e. The second kappa shape index (κ2) is 3.80. The Morgan fingerprint density at radius 1 is 1.44 bits per heavy atom. The summed E-state index contributed by atoms with van der Waals surface area (Å²) in [6, 6.07) is 2.16. The summed E-state index contributed by atoms with van der Waals surface area (Å²) in [7, 11) is 0. The van der Waals surface area contributed by atoms with E-state index in [0.717, 1.165) is 0 Å². The summed E-state index contributed by atoms with van der Waals surface area (Å²) >= 11 is 0. The SMILES string of the molecule is O=C1CC(n2cc(C(=O)O)ccc2=O)CN1. The van der Waals surface area contributed by atoms with Crippen LogP contribution in [0.3, 0.4) is 0 Å². The Labute approximate surface area is 90.5 Å². The molecule has 6 heteroatoms. The molecule has 0 radical (unpaired) electrons. The molecule has 1 saturated heterocycles. The van der Waals surface area contributed by atoms with E-state index in [0.29, 0.717) is 6.54 Å². The number of hydrogen-bond donors (Lipinski definition) is 2. The average Bonchev–Trinajstić information content (AvgIpc) is 2.65. The number of rotatable bonds is 2. The Kier molecular flexibility index (Phi) is 2.47. The van der Waals surface area contributed by atoms with Crippen molar-refractivity contribution >= 4 is 11.9 Å². The van der Waals surface area contributed by atoms with E-state index in [2.05, 4.69) is 5.32 Å². The fraction of sp³-hybridized carbons (Fsp3) is 0.300. The second-order valence-electron chi connectivity index (χ2n) is 3.63. The molecule has 0 spiro atoms. The molecule has 1 atom stereocenters. The zero-order valence-corrected chi connectivity index (χ0v) is 8.34. The number of amides is 1. The van der Waals surface area contributed by atoms with Gasteiger partial charge in [0.25, 0.3) is 5.56 Å². The summed E-state index contributed by atoms with van der Waals surface area (Å²) in [5, 5.41) is 11.4. The summed E-state index contributed by atoms with van der Waals surface area (Å²) in [6.07, 6.45) is 1.48. The van der Waals surface area contributed by atoms with Crippen LogP contribution in [0.1, 0.15) is 22.8 Å². The Bertz CT molecular complexity index is 506. The molecule has 1 aromatic rings. The molecule has 0 bridgehead atoms. The molecule has 0 aliphatic carbocycles. The first-order chi connectivity index (χ1) is 7.58. The minimum Gasteiger partial charge on any atom is -0.478 e. The summed E-state index contributed by atoms with van der Waals surface area (Å²) in [4.78, 5) is 33.3. The number of aromatic nitrogens is 1. The summed E-state index contributed by atoms with van der Waals surface area (Å²) in [6.45, 7) is 0.363. The number of aromatic carboxylic acids is 1. The van der Waals surface area contributed by atoms with E-state index < -0.39 is 5.97 Å². The molecule has 84 valence electrons. The van der Waals surface area contributed by atoms with Crippen LogP contribution in [0.4, 0.5) is 0 Å². The third-order valence-electron chi connectivity index (χ3n) is 2.53. The molecule has 1 aliphatic heterocycles. The van der Waals surface area contributed by atoms with E-state index in [4.69, 9.17) is 5.11 Å². The van der Waals surface area contributed by atoms with Crippen molar-refractivity contribution in [1.82, 2.24) is 9.88 Å². The van der Waals surface area contributed by atoms with E-state index >= 15 is 0 Å². The number of hydrogen-bond acceptors (Lipinski definition) is 3. The number of carboxylic acid groups (broad SMARTS) is 1. The van der Waals surface area contributed by atoms with Crippen molar-refractivity contribution in [1.29, 1.82) is 0 Å². The van der Waals surface area contributed by atoms with Crippen LogP contribution < -0.4 is 10.9 Å². The van der Waals surface area contributed by atoms with E-state index in [1.807, 2.05) is 0 Å². The van der Waals surface area contributed by atoms with Gasteiger partial charge in [0.15, 0.2) is 0 Å². The molecule has 1 aromatic heterocycles. The fourth-order valence-electron chi connectivity index (χ4n) is 1.70. The molecule has 0 saturated carbocycles. The third kappa shape index (κ3) is 1.81. The number of carbonyl (C=O) groups excluding carboxylic acids is 1. The van der Waals surface area contributed by atoms with Gasteiger partial charge in [-0.15, -0.1) is 0 Å². The molecular weight excluding hydrogens is 212 g/mol. The molecule has 1 amide bonds. The van der Waals surface area contributed by atoms with E-state index in [1.165, 1.54) is 22.9 Å². The van der Waals surface area contributed by atoms with Gasteiger partial charge in [-0.3, -0.25) is 9.59 Å². The Hall–Kier alpha value is -2.11. The molecule has 6 nitrogen and oxygen atoms in total. The van der Waals surface area contributed by atoms with Gasteiger partial charge in [-0.05, 0) is 6.07 Å². The molecule has 1 aliphatic rings. The Morgan fingerprint density at radius 3 is 2.75 bits per heavy atom. The lowest BCUT2D eigenvalue weighted by Crippen LogP contribution is -2.26. The lowest BCUT2D eigenvalue weighted by molar-refractivity contribution is -0.119. The highest BCUT2D eigenvalue weighted by Crippen LogP contribution is 2.14. The normalized spacial score (nSPS) is 19.5. The van der Waals surface area contributed by atoms with Gasteiger partial charge in [0.1, 0.15) is 0 Å². The zero-order chi connectivity index (χ0) is 11.7. The zero-order valence-electron chi connectivity index (χ0n) is 8.34. The summed E-state index contributed by atoms with van der Waals surface area (Å²) in [5.74, 6) is -1.22. The molecule has 16 heavy (non-hydrogen) atoms. The van der Waals surface area contributed by atoms with Crippen LogP contribution in [-0.2, 0) is 4.79 Å². The highest BCUT2D eigenvalue weighted by atomic mass is 16.4. The van der Waals surface area contributed by atoms with Gasteiger partial charge >= 0.3 is 5.97 Å². The van der Waals surface area contributed by atoms with Crippen molar-refractivity contribution in [3.05, 3.63) is 34.2 Å². The molecule has 1 unspecified atom stereocenters. The maximum absolute atomic E-state index is 11.5. The van der Waals surface area contributed by atoms with E-state index in [1.54, 1.807) is 0 Å². The third-order valence-corrected chi connectivity index (χ3v) is 2.53. The van der Waals surface area contributed by atoms with Crippen LogP contribution in [0.5, 0.6) is 0 Å². The standard InChI is InChI=1S/C10H10N2O4/c13-8-3-7(4-11-8)12-5-6(10(15)16)1-2-9(12)14/h1-2,5,7H,3-4H2,(H,11,13)(H,15,16). The fourth-order valence-corrected chi connectivity index (χ4v) is 1.70. The van der Waals surface area contributed by atoms with Crippen LogP contribution >= 0.6 is 0 Å². The quantitative estimate of drug-likeness (QED) is 0.713. The van der Waals surface area contributed by atoms with Crippen molar-refractivity contribution in [2.75, 3.05) is 6.54 Å². The highest BCUT2D eigenvalue weighted by Gasteiger charge is 2.24. The predicted octanol–water partition coefficient (Wildman–Crippen LogP) is -0.392.